The molecule has 27 heavy (non-hydrogen) atoms. The van der Waals surface area contributed by atoms with Crippen LogP contribution in [0, 0.1) is 23.5 Å². The molecule has 0 N–H and O–H groups in total. The van der Waals surface area contributed by atoms with Crippen molar-refractivity contribution in [3.8, 4) is 0 Å². The summed E-state index contributed by atoms with van der Waals surface area (Å²) in [4.78, 5) is 0. The van der Waals surface area contributed by atoms with Crippen LogP contribution in [0.15, 0.2) is 18.2 Å². The SMILES string of the molecule is COCCC[C@H]1CO[C@H](CC[C@H]2CO[C@H](c3ccc(F)c(F)c3)OC2)OC1. The summed E-state index contributed by atoms with van der Waals surface area (Å²) in [7, 11) is 1.71. The molecule has 0 aliphatic carbocycles. The van der Waals surface area contributed by atoms with Crippen LogP contribution in [-0.4, -0.2) is 46.4 Å². The van der Waals surface area contributed by atoms with Gasteiger partial charge < -0.3 is 23.7 Å². The van der Waals surface area contributed by atoms with Crippen LogP contribution in [-0.2, 0) is 23.7 Å². The standard InChI is InChI=1S/C20H28F2O5/c1-23-8-2-3-14-10-24-19(25-11-14)7-4-15-12-26-20(27-13-15)16-5-6-17(21)18(22)9-16/h5-6,9,14-15,19-20H,2-4,7-8,10-13H2,1H3/t14-,15-,19-,20-. The van der Waals surface area contributed by atoms with Crippen LogP contribution in [0.4, 0.5) is 8.78 Å². The van der Waals surface area contributed by atoms with E-state index in [9.17, 15) is 8.78 Å². The lowest BCUT2D eigenvalue weighted by molar-refractivity contribution is -0.220. The van der Waals surface area contributed by atoms with Crippen molar-refractivity contribution in [2.75, 3.05) is 40.1 Å². The van der Waals surface area contributed by atoms with E-state index in [0.29, 0.717) is 24.7 Å². The highest BCUT2D eigenvalue weighted by Gasteiger charge is 2.27. The Labute approximate surface area is 158 Å². The highest BCUT2D eigenvalue weighted by Crippen LogP contribution is 2.29. The third-order valence-electron chi connectivity index (χ3n) is 4.99. The Kier molecular flexibility index (Phi) is 7.96. The number of rotatable bonds is 8. The molecule has 0 aromatic heterocycles. The van der Waals surface area contributed by atoms with Gasteiger partial charge in [0.25, 0.3) is 0 Å². The summed E-state index contributed by atoms with van der Waals surface area (Å²) in [6.07, 6.45) is 2.91. The normalized spacial score (nSPS) is 29.0. The summed E-state index contributed by atoms with van der Waals surface area (Å²) in [6, 6.07) is 3.69. The van der Waals surface area contributed by atoms with Gasteiger partial charge in [-0.2, -0.15) is 0 Å². The number of benzene rings is 1. The third-order valence-corrected chi connectivity index (χ3v) is 4.99. The van der Waals surface area contributed by atoms with Gasteiger partial charge in [0.05, 0.1) is 26.4 Å². The average molecular weight is 386 g/mol. The fourth-order valence-electron chi connectivity index (χ4n) is 3.37. The molecule has 0 unspecified atom stereocenters. The molecule has 0 saturated carbocycles. The van der Waals surface area contributed by atoms with Crippen LogP contribution in [0.25, 0.3) is 0 Å². The molecule has 2 aliphatic rings. The molecule has 0 amide bonds. The smallest absolute Gasteiger partial charge is 0.183 e. The molecular weight excluding hydrogens is 358 g/mol. The fourth-order valence-corrected chi connectivity index (χ4v) is 3.37. The Morgan fingerprint density at radius 3 is 2.22 bits per heavy atom. The van der Waals surface area contributed by atoms with Gasteiger partial charge in [-0.3, -0.25) is 0 Å². The average Bonchev–Trinajstić information content (AvgIpc) is 2.70. The van der Waals surface area contributed by atoms with Crippen LogP contribution in [0.1, 0.15) is 37.5 Å². The van der Waals surface area contributed by atoms with Crippen LogP contribution < -0.4 is 0 Å². The summed E-state index contributed by atoms with van der Waals surface area (Å²) >= 11 is 0. The van der Waals surface area contributed by atoms with Crippen LogP contribution in [0.2, 0.25) is 0 Å². The molecule has 3 rings (SSSR count). The van der Waals surface area contributed by atoms with Crippen molar-refractivity contribution in [2.24, 2.45) is 11.8 Å². The minimum absolute atomic E-state index is 0.174. The molecule has 0 radical (unpaired) electrons. The fraction of sp³-hybridized carbons (Fsp3) is 0.700. The minimum Gasteiger partial charge on any atom is -0.385 e. The van der Waals surface area contributed by atoms with E-state index in [0.717, 1.165) is 57.6 Å². The minimum atomic E-state index is -0.894. The van der Waals surface area contributed by atoms with Crippen molar-refractivity contribution in [2.45, 2.75) is 38.3 Å². The molecule has 5 nitrogen and oxygen atoms in total. The van der Waals surface area contributed by atoms with E-state index in [1.54, 1.807) is 7.11 Å². The number of hydrogen-bond donors (Lipinski definition) is 0. The quantitative estimate of drug-likeness (QED) is 0.636. The first-order valence-electron chi connectivity index (χ1n) is 9.56. The van der Waals surface area contributed by atoms with Gasteiger partial charge in [-0.1, -0.05) is 6.07 Å². The molecule has 0 atom stereocenters. The zero-order valence-electron chi connectivity index (χ0n) is 15.7. The molecule has 1 aromatic carbocycles. The Morgan fingerprint density at radius 1 is 0.889 bits per heavy atom. The first kappa shape index (κ1) is 20.6. The Balaban J connectivity index is 1.32. The van der Waals surface area contributed by atoms with Crippen molar-refractivity contribution in [1.29, 1.82) is 0 Å². The second-order valence-corrected chi connectivity index (χ2v) is 7.21. The van der Waals surface area contributed by atoms with E-state index in [4.69, 9.17) is 23.7 Å². The summed E-state index contributed by atoms with van der Waals surface area (Å²) < 4.78 is 54.4. The number of methoxy groups -OCH3 is 1. The van der Waals surface area contributed by atoms with Gasteiger partial charge in [-0.05, 0) is 37.8 Å². The summed E-state index contributed by atoms with van der Waals surface area (Å²) in [6.45, 7) is 3.24. The molecule has 7 heteroatoms. The first-order chi connectivity index (χ1) is 13.2. The lowest BCUT2D eigenvalue weighted by atomic mass is 10.0. The third kappa shape index (κ3) is 6.19. The van der Waals surface area contributed by atoms with E-state index < -0.39 is 17.9 Å². The van der Waals surface area contributed by atoms with E-state index in [-0.39, 0.29) is 12.2 Å². The van der Waals surface area contributed by atoms with Crippen molar-refractivity contribution in [3.63, 3.8) is 0 Å². The summed E-state index contributed by atoms with van der Waals surface area (Å²) in [5, 5.41) is 0. The zero-order valence-corrected chi connectivity index (χ0v) is 15.7. The number of hydrogen-bond acceptors (Lipinski definition) is 5. The zero-order chi connectivity index (χ0) is 19.1. The lowest BCUT2D eigenvalue weighted by Crippen LogP contribution is -2.34. The maximum Gasteiger partial charge on any atom is 0.183 e. The maximum atomic E-state index is 13.3. The van der Waals surface area contributed by atoms with Crippen LogP contribution >= 0.6 is 0 Å². The molecule has 0 bridgehead atoms. The van der Waals surface area contributed by atoms with Gasteiger partial charge in [0.2, 0.25) is 0 Å². The molecule has 0 spiro atoms. The van der Waals surface area contributed by atoms with Gasteiger partial charge in [0.1, 0.15) is 0 Å². The van der Waals surface area contributed by atoms with Gasteiger partial charge in [0.15, 0.2) is 24.2 Å². The van der Waals surface area contributed by atoms with Gasteiger partial charge >= 0.3 is 0 Å². The highest BCUT2D eigenvalue weighted by atomic mass is 19.2. The highest BCUT2D eigenvalue weighted by molar-refractivity contribution is 5.19. The molecule has 2 aliphatic heterocycles. The van der Waals surface area contributed by atoms with Crippen LogP contribution in [0.3, 0.4) is 0 Å². The van der Waals surface area contributed by atoms with E-state index in [1.807, 2.05) is 0 Å². The van der Waals surface area contributed by atoms with Crippen molar-refractivity contribution in [1.82, 2.24) is 0 Å². The van der Waals surface area contributed by atoms with Crippen molar-refractivity contribution in [3.05, 3.63) is 35.4 Å². The van der Waals surface area contributed by atoms with E-state index in [2.05, 4.69) is 0 Å². The van der Waals surface area contributed by atoms with Gasteiger partial charge in [-0.25, -0.2) is 8.78 Å². The predicted octanol–water partition coefficient (Wildman–Crippen LogP) is 3.82. The van der Waals surface area contributed by atoms with Crippen LogP contribution in [0.5, 0.6) is 0 Å². The van der Waals surface area contributed by atoms with E-state index in [1.165, 1.54) is 6.07 Å². The van der Waals surface area contributed by atoms with Crippen molar-refractivity contribution < 1.29 is 32.5 Å². The molecule has 2 fully saturated rings. The van der Waals surface area contributed by atoms with E-state index >= 15 is 0 Å². The lowest BCUT2D eigenvalue weighted by Gasteiger charge is -2.32. The molecular formula is C20H28F2O5. The Bertz CT molecular complexity index is 569. The van der Waals surface area contributed by atoms with Gasteiger partial charge in [-0.15, -0.1) is 0 Å². The van der Waals surface area contributed by atoms with Gasteiger partial charge in [0, 0.05) is 31.1 Å². The monoisotopic (exact) mass is 386 g/mol. The van der Waals surface area contributed by atoms with Crippen molar-refractivity contribution >= 4 is 0 Å². The number of halogens is 2. The Morgan fingerprint density at radius 2 is 1.56 bits per heavy atom. The second kappa shape index (κ2) is 10.4. The molecule has 2 heterocycles. The molecule has 2 saturated heterocycles. The topological polar surface area (TPSA) is 46.2 Å². The predicted molar refractivity (Wildman–Crippen MR) is 94.0 cm³/mol. The largest absolute Gasteiger partial charge is 0.385 e. The molecule has 1 aromatic rings. The molecule has 152 valence electrons. The second-order valence-electron chi connectivity index (χ2n) is 7.21. The summed E-state index contributed by atoms with van der Waals surface area (Å²) in [5.41, 5.74) is 0.491. The number of ether oxygens (including phenoxy) is 5. The maximum absolute atomic E-state index is 13.3. The Hall–Kier alpha value is -1.12. The first-order valence-corrected chi connectivity index (χ1v) is 9.56. The summed E-state index contributed by atoms with van der Waals surface area (Å²) in [5.74, 6) is -1.09.